The van der Waals surface area contributed by atoms with Crippen LogP contribution in [-0.2, 0) is 24.8 Å². The molecule has 1 fully saturated rings. The number of sulfonamides is 2. The highest BCUT2D eigenvalue weighted by Crippen LogP contribution is 2.23. The van der Waals surface area contributed by atoms with Gasteiger partial charge >= 0.3 is 0 Å². The molecule has 2 aromatic rings. The van der Waals surface area contributed by atoms with Crippen molar-refractivity contribution >= 4 is 25.7 Å². The van der Waals surface area contributed by atoms with E-state index in [0.29, 0.717) is 25.6 Å². The number of benzene rings is 2. The van der Waals surface area contributed by atoms with Gasteiger partial charge in [0.25, 0.3) is 10.0 Å². The molecule has 0 bridgehead atoms. The maximum atomic E-state index is 12.8. The van der Waals surface area contributed by atoms with Gasteiger partial charge in [-0.1, -0.05) is 6.07 Å². The molecule has 2 aromatic carbocycles. The van der Waals surface area contributed by atoms with E-state index < -0.39 is 20.0 Å². The van der Waals surface area contributed by atoms with Crippen LogP contribution >= 0.6 is 0 Å². The summed E-state index contributed by atoms with van der Waals surface area (Å²) >= 11 is 0. The molecule has 0 atom stereocenters. The summed E-state index contributed by atoms with van der Waals surface area (Å²) in [4.78, 5) is 0.0821. The van der Waals surface area contributed by atoms with Crippen molar-refractivity contribution in [3.8, 4) is 5.75 Å². The molecule has 0 amide bonds. The van der Waals surface area contributed by atoms with E-state index in [1.165, 1.54) is 40.7 Å². The Morgan fingerprint density at radius 1 is 1.00 bits per heavy atom. The Hall–Kier alpha value is -2.14. The van der Waals surface area contributed by atoms with E-state index in [9.17, 15) is 16.8 Å². The van der Waals surface area contributed by atoms with Gasteiger partial charge in [0.15, 0.2) is 0 Å². The first-order chi connectivity index (χ1) is 13.3. The number of hydrogen-bond acceptors (Lipinski definition) is 6. The Morgan fingerprint density at radius 3 is 2.32 bits per heavy atom. The highest BCUT2D eigenvalue weighted by Gasteiger charge is 2.26. The predicted molar refractivity (Wildman–Crippen MR) is 104 cm³/mol. The molecule has 1 aliphatic heterocycles. The highest BCUT2D eigenvalue weighted by molar-refractivity contribution is 7.92. The molecule has 0 aromatic heterocycles. The molecular weight excluding hydrogens is 404 g/mol. The molecule has 0 aliphatic carbocycles. The summed E-state index contributed by atoms with van der Waals surface area (Å²) in [7, 11) is -7.58. The Labute approximate surface area is 165 Å². The van der Waals surface area contributed by atoms with Crippen LogP contribution < -0.4 is 9.46 Å². The van der Waals surface area contributed by atoms with E-state index >= 15 is 0 Å². The van der Waals surface area contributed by atoms with E-state index in [-0.39, 0.29) is 28.6 Å². The average Bonchev–Trinajstić information content (AvgIpc) is 2.69. The molecule has 0 radical (unpaired) electrons. The molecule has 0 saturated carbocycles. The van der Waals surface area contributed by atoms with Crippen molar-refractivity contribution in [2.45, 2.75) is 16.7 Å². The molecule has 0 unspecified atom stereocenters. The zero-order valence-electron chi connectivity index (χ0n) is 15.4. The van der Waals surface area contributed by atoms with E-state index in [1.54, 1.807) is 12.1 Å². The van der Waals surface area contributed by atoms with Crippen LogP contribution in [0.2, 0.25) is 0 Å². The lowest BCUT2D eigenvalue weighted by Gasteiger charge is -2.26. The van der Waals surface area contributed by atoms with Crippen molar-refractivity contribution < 1.29 is 26.3 Å². The van der Waals surface area contributed by atoms with Crippen LogP contribution in [0.25, 0.3) is 0 Å². The van der Waals surface area contributed by atoms with Gasteiger partial charge in [0, 0.05) is 13.1 Å². The van der Waals surface area contributed by atoms with Crippen molar-refractivity contribution in [3.63, 3.8) is 0 Å². The third-order valence-corrected chi connectivity index (χ3v) is 7.43. The van der Waals surface area contributed by atoms with Gasteiger partial charge in [-0.2, -0.15) is 4.31 Å². The summed E-state index contributed by atoms with van der Waals surface area (Å²) in [6.07, 6.45) is 0. The molecule has 1 saturated heterocycles. The van der Waals surface area contributed by atoms with E-state index in [4.69, 9.17) is 9.47 Å². The minimum Gasteiger partial charge on any atom is -0.494 e. The normalized spacial score (nSPS) is 15.9. The standard InChI is InChI=1S/C18H22N2O6S2/c1-2-26-16-6-8-17(9-7-16)27(21,22)19-15-4-3-5-18(14-15)28(23,24)20-10-12-25-13-11-20/h3-9,14,19H,2,10-13H2,1H3. The Balaban J connectivity index is 1.81. The maximum absolute atomic E-state index is 12.8. The number of nitrogens with zero attached hydrogens (tertiary/aromatic N) is 1. The van der Waals surface area contributed by atoms with Gasteiger partial charge in [0.1, 0.15) is 5.75 Å². The summed E-state index contributed by atoms with van der Waals surface area (Å²) in [5.74, 6) is 0.569. The summed E-state index contributed by atoms with van der Waals surface area (Å²) in [6.45, 7) is 3.53. The first-order valence-electron chi connectivity index (χ1n) is 8.76. The van der Waals surface area contributed by atoms with Gasteiger partial charge in [-0.25, -0.2) is 16.8 Å². The molecule has 3 rings (SSSR count). The van der Waals surface area contributed by atoms with E-state index in [2.05, 4.69) is 4.72 Å². The fourth-order valence-electron chi connectivity index (χ4n) is 2.75. The molecule has 1 heterocycles. The fourth-order valence-corrected chi connectivity index (χ4v) is 5.26. The van der Waals surface area contributed by atoms with Crippen LogP contribution in [0.1, 0.15) is 6.92 Å². The summed E-state index contributed by atoms with van der Waals surface area (Å²) in [6, 6.07) is 11.8. The van der Waals surface area contributed by atoms with Crippen molar-refractivity contribution in [1.82, 2.24) is 4.31 Å². The minimum absolute atomic E-state index is 0.0290. The first-order valence-corrected chi connectivity index (χ1v) is 11.7. The number of rotatable bonds is 7. The zero-order valence-corrected chi connectivity index (χ0v) is 17.0. The second-order valence-corrected chi connectivity index (χ2v) is 9.67. The molecule has 1 N–H and O–H groups in total. The number of ether oxygens (including phenoxy) is 2. The largest absolute Gasteiger partial charge is 0.494 e. The van der Waals surface area contributed by atoms with Crippen molar-refractivity contribution in [2.24, 2.45) is 0 Å². The SMILES string of the molecule is CCOc1ccc(S(=O)(=O)Nc2cccc(S(=O)(=O)N3CCOCC3)c2)cc1. The molecule has 10 heteroatoms. The van der Waals surface area contributed by atoms with Gasteiger partial charge in [-0.15, -0.1) is 0 Å². The molecular formula is C18H22N2O6S2. The van der Waals surface area contributed by atoms with Crippen LogP contribution in [0.3, 0.4) is 0 Å². The van der Waals surface area contributed by atoms with Gasteiger partial charge in [-0.3, -0.25) is 4.72 Å². The third kappa shape index (κ3) is 4.64. The van der Waals surface area contributed by atoms with Gasteiger partial charge in [0.2, 0.25) is 10.0 Å². The zero-order chi connectivity index (χ0) is 20.2. The highest BCUT2D eigenvalue weighted by atomic mass is 32.2. The minimum atomic E-state index is -3.87. The topological polar surface area (TPSA) is 102 Å². The lowest BCUT2D eigenvalue weighted by atomic mass is 10.3. The average molecular weight is 427 g/mol. The summed E-state index contributed by atoms with van der Waals surface area (Å²) in [5.41, 5.74) is 0.170. The van der Waals surface area contributed by atoms with Crippen LogP contribution in [0.5, 0.6) is 5.75 Å². The first kappa shape index (κ1) is 20.6. The van der Waals surface area contributed by atoms with E-state index in [1.807, 2.05) is 6.92 Å². The Morgan fingerprint density at radius 2 is 1.68 bits per heavy atom. The van der Waals surface area contributed by atoms with Gasteiger partial charge in [0.05, 0.1) is 35.3 Å². The number of hydrogen-bond donors (Lipinski definition) is 1. The quantitative estimate of drug-likeness (QED) is 0.726. The number of anilines is 1. The van der Waals surface area contributed by atoms with Crippen LogP contribution in [-0.4, -0.2) is 54.1 Å². The van der Waals surface area contributed by atoms with Crippen molar-refractivity contribution in [3.05, 3.63) is 48.5 Å². The smallest absolute Gasteiger partial charge is 0.261 e. The fraction of sp³-hybridized carbons (Fsp3) is 0.333. The second-order valence-electron chi connectivity index (χ2n) is 6.05. The maximum Gasteiger partial charge on any atom is 0.261 e. The predicted octanol–water partition coefficient (Wildman–Crippen LogP) is 1.91. The lowest BCUT2D eigenvalue weighted by molar-refractivity contribution is 0.0730. The Bertz CT molecular complexity index is 1010. The van der Waals surface area contributed by atoms with Gasteiger partial charge in [-0.05, 0) is 49.4 Å². The second kappa shape index (κ2) is 8.48. The van der Waals surface area contributed by atoms with Crippen LogP contribution in [0.4, 0.5) is 5.69 Å². The van der Waals surface area contributed by atoms with Gasteiger partial charge < -0.3 is 9.47 Å². The Kier molecular flexibility index (Phi) is 6.23. The van der Waals surface area contributed by atoms with Crippen LogP contribution in [0.15, 0.2) is 58.3 Å². The molecule has 28 heavy (non-hydrogen) atoms. The molecule has 8 nitrogen and oxygen atoms in total. The summed E-state index contributed by atoms with van der Waals surface area (Å²) in [5, 5.41) is 0. The van der Waals surface area contributed by atoms with Crippen molar-refractivity contribution in [2.75, 3.05) is 37.6 Å². The molecule has 152 valence electrons. The lowest BCUT2D eigenvalue weighted by Crippen LogP contribution is -2.40. The molecule has 0 spiro atoms. The monoisotopic (exact) mass is 426 g/mol. The van der Waals surface area contributed by atoms with Crippen LogP contribution in [0, 0.1) is 0 Å². The van der Waals surface area contributed by atoms with Crippen molar-refractivity contribution in [1.29, 1.82) is 0 Å². The number of morpholine rings is 1. The number of nitrogens with one attached hydrogen (secondary N) is 1. The van der Waals surface area contributed by atoms with E-state index in [0.717, 1.165) is 0 Å². The third-order valence-electron chi connectivity index (χ3n) is 4.14. The summed E-state index contributed by atoms with van der Waals surface area (Å²) < 4.78 is 65.0. The molecule has 1 aliphatic rings.